The third kappa shape index (κ3) is 5.67. The molecule has 34 heavy (non-hydrogen) atoms. The van der Waals surface area contributed by atoms with Gasteiger partial charge in [-0.3, -0.25) is 4.79 Å². The Bertz CT molecular complexity index is 1380. The lowest BCUT2D eigenvalue weighted by Gasteiger charge is -2.23. The number of carbonyl (C=O) groups excluding carboxylic acids is 1. The zero-order valence-corrected chi connectivity index (χ0v) is 20.2. The number of hydrogen-bond donors (Lipinski definition) is 2. The van der Waals surface area contributed by atoms with E-state index in [-0.39, 0.29) is 18.1 Å². The predicted octanol–water partition coefficient (Wildman–Crippen LogP) is 6.33. The number of hydrogen-bond acceptors (Lipinski definition) is 2. The van der Waals surface area contributed by atoms with Gasteiger partial charge < -0.3 is 15.2 Å². The molecule has 0 aliphatic heterocycles. The number of rotatable bonds is 7. The number of aryl methyl sites for hydroxylation is 2. The first kappa shape index (κ1) is 23.6. The Morgan fingerprint density at radius 1 is 1.00 bits per heavy atom. The number of aromatic amines is 1. The fourth-order valence-electron chi connectivity index (χ4n) is 3.99. The van der Waals surface area contributed by atoms with Crippen molar-refractivity contribution in [1.82, 2.24) is 9.88 Å². The van der Waals surface area contributed by atoms with Crippen molar-refractivity contribution >= 4 is 34.2 Å². The number of pyridine rings is 1. The summed E-state index contributed by atoms with van der Waals surface area (Å²) >= 11 is 6.25. The Kier molecular flexibility index (Phi) is 7.33. The Morgan fingerprint density at radius 2 is 1.82 bits per heavy atom. The van der Waals surface area contributed by atoms with E-state index >= 15 is 0 Å². The van der Waals surface area contributed by atoms with E-state index in [2.05, 4.69) is 29.4 Å². The zero-order valence-electron chi connectivity index (χ0n) is 19.4. The van der Waals surface area contributed by atoms with Crippen LogP contribution in [0.4, 0.5) is 10.5 Å². The number of carbonyl (C=O) groups is 1. The van der Waals surface area contributed by atoms with Crippen LogP contribution >= 0.6 is 11.6 Å². The summed E-state index contributed by atoms with van der Waals surface area (Å²) in [6.07, 6.45) is 1.58. The molecule has 4 aromatic rings. The average molecular weight is 474 g/mol. The van der Waals surface area contributed by atoms with Crippen LogP contribution in [-0.4, -0.2) is 22.5 Å². The number of para-hydroxylation sites is 1. The van der Waals surface area contributed by atoms with Crippen LogP contribution in [0.25, 0.3) is 10.9 Å². The Balaban J connectivity index is 1.62. The van der Waals surface area contributed by atoms with Gasteiger partial charge in [-0.15, -0.1) is 0 Å². The molecule has 1 aromatic heterocycles. The van der Waals surface area contributed by atoms with E-state index in [9.17, 15) is 9.59 Å². The topological polar surface area (TPSA) is 65.2 Å². The Labute approximate surface area is 204 Å². The summed E-state index contributed by atoms with van der Waals surface area (Å²) in [5, 5.41) is 4.32. The fraction of sp³-hybridized carbons (Fsp3) is 0.214. The van der Waals surface area contributed by atoms with Crippen LogP contribution in [0.5, 0.6) is 0 Å². The lowest BCUT2D eigenvalue weighted by molar-refractivity contribution is 0.209. The Morgan fingerprint density at radius 3 is 2.59 bits per heavy atom. The molecule has 174 valence electrons. The highest BCUT2D eigenvalue weighted by Gasteiger charge is 2.18. The smallest absolute Gasteiger partial charge is 0.322 e. The van der Waals surface area contributed by atoms with E-state index in [0.29, 0.717) is 29.2 Å². The van der Waals surface area contributed by atoms with Crippen molar-refractivity contribution in [1.29, 1.82) is 0 Å². The van der Waals surface area contributed by atoms with Gasteiger partial charge in [-0.25, -0.2) is 4.79 Å². The Hall–Kier alpha value is -3.57. The number of benzene rings is 3. The largest absolute Gasteiger partial charge is 0.322 e. The summed E-state index contributed by atoms with van der Waals surface area (Å²) in [5.74, 6) is 0. The van der Waals surface area contributed by atoms with Crippen molar-refractivity contribution in [2.24, 2.45) is 0 Å². The fourth-order valence-corrected chi connectivity index (χ4v) is 4.17. The van der Waals surface area contributed by atoms with Gasteiger partial charge in [0.2, 0.25) is 0 Å². The van der Waals surface area contributed by atoms with Gasteiger partial charge in [0.15, 0.2) is 0 Å². The summed E-state index contributed by atoms with van der Waals surface area (Å²) < 4.78 is 0. The second-order valence-electron chi connectivity index (χ2n) is 8.47. The molecule has 0 saturated heterocycles. The maximum absolute atomic E-state index is 13.3. The van der Waals surface area contributed by atoms with Crippen LogP contribution in [0.1, 0.15) is 29.2 Å². The van der Waals surface area contributed by atoms with E-state index in [0.717, 1.165) is 22.9 Å². The van der Waals surface area contributed by atoms with Crippen molar-refractivity contribution in [3.05, 3.63) is 110 Å². The third-order valence-corrected chi connectivity index (χ3v) is 6.24. The van der Waals surface area contributed by atoms with Gasteiger partial charge in [-0.05, 0) is 66.6 Å². The SMILES string of the molecule is CCc1ccc2[nH]c(=O)c(CN(CCc3cccc(C)c3)C(=O)Nc3ccccc3Cl)cc2c1. The lowest BCUT2D eigenvalue weighted by atomic mass is 10.1. The zero-order chi connectivity index (χ0) is 24.1. The number of nitrogens with zero attached hydrogens (tertiary/aromatic N) is 1. The second-order valence-corrected chi connectivity index (χ2v) is 8.88. The van der Waals surface area contributed by atoms with E-state index in [4.69, 9.17) is 11.6 Å². The summed E-state index contributed by atoms with van der Waals surface area (Å²) in [4.78, 5) is 30.7. The van der Waals surface area contributed by atoms with Gasteiger partial charge in [0, 0.05) is 17.6 Å². The molecule has 0 atom stereocenters. The number of nitrogens with one attached hydrogen (secondary N) is 2. The van der Waals surface area contributed by atoms with Gasteiger partial charge in [0.1, 0.15) is 0 Å². The molecule has 0 spiro atoms. The molecule has 6 heteroatoms. The van der Waals surface area contributed by atoms with Crippen molar-refractivity contribution in [3.63, 3.8) is 0 Å². The molecule has 4 rings (SSSR count). The van der Waals surface area contributed by atoms with Crippen LogP contribution in [-0.2, 0) is 19.4 Å². The van der Waals surface area contributed by atoms with Gasteiger partial charge in [-0.2, -0.15) is 0 Å². The molecule has 0 unspecified atom stereocenters. The van der Waals surface area contributed by atoms with Crippen molar-refractivity contribution in [2.75, 3.05) is 11.9 Å². The minimum atomic E-state index is -0.303. The number of anilines is 1. The van der Waals surface area contributed by atoms with Crippen LogP contribution in [0.3, 0.4) is 0 Å². The molecule has 0 radical (unpaired) electrons. The predicted molar refractivity (Wildman–Crippen MR) is 140 cm³/mol. The summed E-state index contributed by atoms with van der Waals surface area (Å²) in [6.45, 7) is 4.78. The molecule has 2 amide bonds. The summed E-state index contributed by atoms with van der Waals surface area (Å²) in [7, 11) is 0. The van der Waals surface area contributed by atoms with E-state index < -0.39 is 0 Å². The number of halogens is 1. The first-order valence-corrected chi connectivity index (χ1v) is 11.8. The summed E-state index contributed by atoms with van der Waals surface area (Å²) in [6, 6.07) is 22.9. The highest BCUT2D eigenvalue weighted by atomic mass is 35.5. The highest BCUT2D eigenvalue weighted by Crippen LogP contribution is 2.22. The highest BCUT2D eigenvalue weighted by molar-refractivity contribution is 6.33. The second kappa shape index (κ2) is 10.6. The van der Waals surface area contributed by atoms with Gasteiger partial charge in [0.25, 0.3) is 5.56 Å². The van der Waals surface area contributed by atoms with Crippen molar-refractivity contribution in [2.45, 2.75) is 33.2 Å². The molecule has 0 bridgehead atoms. The normalized spacial score (nSPS) is 10.9. The van der Waals surface area contributed by atoms with Crippen molar-refractivity contribution in [3.8, 4) is 0 Å². The average Bonchev–Trinajstić information content (AvgIpc) is 2.83. The molecular weight excluding hydrogens is 446 g/mol. The molecule has 0 fully saturated rings. The molecule has 0 saturated carbocycles. The van der Waals surface area contributed by atoms with Crippen LogP contribution in [0, 0.1) is 6.92 Å². The van der Waals surface area contributed by atoms with Crippen LogP contribution in [0.15, 0.2) is 77.6 Å². The number of H-pyrrole nitrogens is 1. The molecule has 5 nitrogen and oxygen atoms in total. The summed E-state index contributed by atoms with van der Waals surface area (Å²) in [5.41, 5.74) is 5.17. The van der Waals surface area contributed by atoms with E-state index in [1.165, 1.54) is 11.1 Å². The van der Waals surface area contributed by atoms with Gasteiger partial charge in [-0.1, -0.05) is 66.6 Å². The third-order valence-electron chi connectivity index (χ3n) is 5.91. The lowest BCUT2D eigenvalue weighted by Crippen LogP contribution is -2.37. The van der Waals surface area contributed by atoms with Gasteiger partial charge >= 0.3 is 6.03 Å². The number of fused-ring (bicyclic) bond motifs is 1. The molecule has 3 aromatic carbocycles. The molecule has 0 aliphatic carbocycles. The molecule has 1 heterocycles. The first-order chi connectivity index (χ1) is 16.4. The van der Waals surface area contributed by atoms with Crippen LogP contribution < -0.4 is 10.9 Å². The monoisotopic (exact) mass is 473 g/mol. The maximum atomic E-state index is 13.3. The number of aromatic nitrogens is 1. The van der Waals surface area contributed by atoms with Crippen LogP contribution in [0.2, 0.25) is 5.02 Å². The molecule has 2 N–H and O–H groups in total. The number of urea groups is 1. The molecule has 0 aliphatic rings. The first-order valence-electron chi connectivity index (χ1n) is 11.4. The van der Waals surface area contributed by atoms with Crippen molar-refractivity contribution < 1.29 is 4.79 Å². The van der Waals surface area contributed by atoms with E-state index in [1.54, 1.807) is 17.0 Å². The maximum Gasteiger partial charge on any atom is 0.322 e. The number of amides is 2. The molecular formula is C28H28ClN3O2. The quantitative estimate of drug-likeness (QED) is 0.329. The standard InChI is InChI=1S/C28H28ClN3O2/c1-3-20-11-12-25-22(16-20)17-23(27(33)30-25)18-32(14-13-21-8-6-7-19(2)15-21)28(34)31-26-10-5-4-9-24(26)29/h4-12,15-17H,3,13-14,18H2,1-2H3,(H,30,33)(H,31,34). The minimum absolute atomic E-state index is 0.184. The minimum Gasteiger partial charge on any atom is -0.322 e. The van der Waals surface area contributed by atoms with E-state index in [1.807, 2.05) is 55.5 Å². The van der Waals surface area contributed by atoms with Gasteiger partial charge in [0.05, 0.1) is 17.3 Å².